The van der Waals surface area contributed by atoms with E-state index in [9.17, 15) is 18.8 Å². The summed E-state index contributed by atoms with van der Waals surface area (Å²) < 4.78 is 45.5. The monoisotopic (exact) mass is 552 g/mol. The van der Waals surface area contributed by atoms with Gasteiger partial charge in [-0.2, -0.15) is 13.5 Å². The van der Waals surface area contributed by atoms with E-state index in [-0.39, 0.29) is 21.9 Å². The summed E-state index contributed by atoms with van der Waals surface area (Å²) in [7, 11) is 0. The molecular weight excluding hydrogens is 536 g/mol. The zero-order valence-corrected chi connectivity index (χ0v) is 20.2. The van der Waals surface area contributed by atoms with Gasteiger partial charge >= 0.3 is 5.92 Å². The maximum absolute atomic E-state index is 15.1. The minimum atomic E-state index is -3.64. The molecule has 37 heavy (non-hydrogen) atoms. The van der Waals surface area contributed by atoms with Crippen LogP contribution in [-0.4, -0.2) is 37.6 Å². The third kappa shape index (κ3) is 6.06. The van der Waals surface area contributed by atoms with Crippen LogP contribution in [0.2, 0.25) is 10.0 Å². The first-order valence-corrected chi connectivity index (χ1v) is 11.3. The smallest absolute Gasteiger partial charge is 0.347 e. The van der Waals surface area contributed by atoms with Gasteiger partial charge in [-0.25, -0.2) is 14.1 Å². The topological polar surface area (TPSA) is 125 Å². The largest absolute Gasteiger partial charge is 0.618 e. The van der Waals surface area contributed by atoms with Gasteiger partial charge in [-0.05, 0) is 40.3 Å². The number of benzene rings is 1. The Bertz CT molecular complexity index is 1420. The summed E-state index contributed by atoms with van der Waals surface area (Å²) in [5, 5.41) is 27.7. The van der Waals surface area contributed by atoms with E-state index in [1.807, 2.05) is 0 Å². The number of amides is 1. The number of nitrogens with one attached hydrogen (secondary N) is 2. The van der Waals surface area contributed by atoms with Crippen LogP contribution in [0.5, 0.6) is 0 Å². The van der Waals surface area contributed by atoms with Gasteiger partial charge in [0.25, 0.3) is 5.69 Å². The van der Waals surface area contributed by atoms with E-state index in [0.717, 1.165) is 18.5 Å². The molecular formula is C22H17Cl2F3N8O2. The molecule has 1 amide bonds. The fourth-order valence-corrected chi connectivity index (χ4v) is 3.79. The predicted octanol–water partition coefficient (Wildman–Crippen LogP) is 3.20. The number of carbonyl (C=O) groups is 1. The van der Waals surface area contributed by atoms with E-state index in [2.05, 4.69) is 31.1 Å². The van der Waals surface area contributed by atoms with Crippen molar-refractivity contribution in [3.63, 3.8) is 0 Å². The van der Waals surface area contributed by atoms with Gasteiger partial charge in [0, 0.05) is 35.5 Å². The van der Waals surface area contributed by atoms with Gasteiger partial charge in [0.2, 0.25) is 5.91 Å². The first-order chi connectivity index (χ1) is 17.7. The molecule has 3 aromatic heterocycles. The van der Waals surface area contributed by atoms with Gasteiger partial charge in [0.05, 0.1) is 23.7 Å². The van der Waals surface area contributed by atoms with Crippen LogP contribution in [-0.2, 0) is 23.7 Å². The minimum Gasteiger partial charge on any atom is -0.618 e. The van der Waals surface area contributed by atoms with Crippen LogP contribution >= 0.6 is 23.2 Å². The summed E-state index contributed by atoms with van der Waals surface area (Å²) in [5.41, 5.74) is 0.0764. The van der Waals surface area contributed by atoms with E-state index >= 15 is 4.39 Å². The van der Waals surface area contributed by atoms with Crippen molar-refractivity contribution in [2.24, 2.45) is 0 Å². The number of pyridine rings is 2. The molecule has 0 unspecified atom stereocenters. The second-order valence-corrected chi connectivity index (χ2v) is 8.54. The van der Waals surface area contributed by atoms with Crippen molar-refractivity contribution < 1.29 is 22.7 Å². The molecule has 0 aliphatic rings. The standard InChI is InChI=1S/C22H17Cl2F3N8O2/c23-14-4-5-17(34-12-31-32-33-34)13(7-14)9-28-19(36)8-15-16(24)10-29-21(20(15)25)30-11-22(26,27)18-3-1-2-6-35(18)37/h1-7,10,12H,8-9,11H2,(H,28,36)(H,29,30). The second-order valence-electron chi connectivity index (χ2n) is 7.70. The normalized spacial score (nSPS) is 11.4. The molecule has 10 nitrogen and oxygen atoms in total. The number of nitrogens with zero attached hydrogens (tertiary/aromatic N) is 6. The Morgan fingerprint density at radius 1 is 1.22 bits per heavy atom. The first kappa shape index (κ1) is 26.1. The fraction of sp³-hybridized carbons (Fsp3) is 0.182. The van der Waals surface area contributed by atoms with Crippen LogP contribution in [0.3, 0.4) is 0 Å². The zero-order valence-electron chi connectivity index (χ0n) is 18.7. The average Bonchev–Trinajstić information content (AvgIpc) is 3.40. The van der Waals surface area contributed by atoms with E-state index in [1.54, 1.807) is 18.2 Å². The third-order valence-electron chi connectivity index (χ3n) is 5.20. The van der Waals surface area contributed by atoms with Crippen LogP contribution in [0.1, 0.15) is 16.8 Å². The molecule has 0 aliphatic carbocycles. The fourth-order valence-electron chi connectivity index (χ4n) is 3.39. The lowest BCUT2D eigenvalue weighted by Gasteiger charge is -2.17. The molecule has 0 saturated heterocycles. The summed E-state index contributed by atoms with van der Waals surface area (Å²) in [6.45, 7) is -1.12. The van der Waals surface area contributed by atoms with Gasteiger partial charge in [-0.1, -0.05) is 23.2 Å². The summed E-state index contributed by atoms with van der Waals surface area (Å²) in [6.07, 6.45) is 2.83. The molecule has 0 fully saturated rings. The maximum atomic E-state index is 15.1. The highest BCUT2D eigenvalue weighted by molar-refractivity contribution is 6.31. The zero-order chi connectivity index (χ0) is 26.6. The Labute approximate surface area is 217 Å². The van der Waals surface area contributed by atoms with Crippen molar-refractivity contribution >= 4 is 34.9 Å². The molecule has 15 heteroatoms. The highest BCUT2D eigenvalue weighted by atomic mass is 35.5. The van der Waals surface area contributed by atoms with Crippen molar-refractivity contribution in [3.05, 3.63) is 93.0 Å². The molecule has 0 saturated carbocycles. The molecule has 0 bridgehead atoms. The molecule has 4 aromatic rings. The highest BCUT2D eigenvalue weighted by Gasteiger charge is 2.39. The molecule has 1 aromatic carbocycles. The molecule has 3 heterocycles. The molecule has 192 valence electrons. The summed E-state index contributed by atoms with van der Waals surface area (Å²) >= 11 is 12.1. The summed E-state index contributed by atoms with van der Waals surface area (Å²) in [6, 6.07) is 8.45. The second kappa shape index (κ2) is 11.0. The third-order valence-corrected chi connectivity index (χ3v) is 5.76. The Balaban J connectivity index is 1.45. The van der Waals surface area contributed by atoms with Crippen molar-refractivity contribution in [3.8, 4) is 5.69 Å². The van der Waals surface area contributed by atoms with Crippen LogP contribution in [0, 0.1) is 11.0 Å². The Kier molecular flexibility index (Phi) is 7.74. The molecule has 4 rings (SSSR count). The van der Waals surface area contributed by atoms with Gasteiger partial charge in [0.15, 0.2) is 17.8 Å². The SMILES string of the molecule is O=C(Cc1c(Cl)cnc(NCC(F)(F)c2cccc[n+]2[O-])c1F)NCc1cc(Cl)ccc1-n1cnnn1. The van der Waals surface area contributed by atoms with Crippen LogP contribution in [0.4, 0.5) is 19.0 Å². The Hall–Kier alpha value is -3.97. The molecule has 0 radical (unpaired) electrons. The molecule has 0 atom stereocenters. The highest BCUT2D eigenvalue weighted by Crippen LogP contribution is 2.28. The number of rotatable bonds is 9. The quantitative estimate of drug-likeness (QED) is 0.241. The average molecular weight is 553 g/mol. The Morgan fingerprint density at radius 2 is 2.03 bits per heavy atom. The number of halogens is 5. The molecule has 0 aliphatic heterocycles. The van der Waals surface area contributed by atoms with Crippen molar-refractivity contribution in [2.75, 3.05) is 11.9 Å². The number of hydrogen-bond acceptors (Lipinski definition) is 7. The lowest BCUT2D eigenvalue weighted by atomic mass is 10.1. The number of aromatic nitrogens is 6. The lowest BCUT2D eigenvalue weighted by Crippen LogP contribution is -2.41. The number of alkyl halides is 2. The van der Waals surface area contributed by atoms with Crippen LogP contribution in [0.15, 0.2) is 55.1 Å². The van der Waals surface area contributed by atoms with Gasteiger partial charge in [-0.3, -0.25) is 4.79 Å². The van der Waals surface area contributed by atoms with Gasteiger partial charge in [-0.15, -0.1) is 5.10 Å². The van der Waals surface area contributed by atoms with Crippen molar-refractivity contribution in [1.82, 2.24) is 30.5 Å². The number of tetrazole rings is 1. The van der Waals surface area contributed by atoms with Crippen molar-refractivity contribution in [2.45, 2.75) is 18.9 Å². The van der Waals surface area contributed by atoms with Crippen molar-refractivity contribution in [1.29, 1.82) is 0 Å². The predicted molar refractivity (Wildman–Crippen MR) is 127 cm³/mol. The summed E-state index contributed by atoms with van der Waals surface area (Å²) in [4.78, 5) is 16.3. The number of anilines is 1. The maximum Gasteiger partial charge on any atom is 0.347 e. The number of carbonyl (C=O) groups excluding carboxylic acids is 1. The molecule has 2 N–H and O–H groups in total. The summed E-state index contributed by atoms with van der Waals surface area (Å²) in [5.74, 6) is -5.86. The first-order valence-electron chi connectivity index (χ1n) is 10.6. The lowest BCUT2D eigenvalue weighted by molar-refractivity contribution is -0.624. The van der Waals surface area contributed by atoms with Crippen LogP contribution < -0.4 is 15.4 Å². The molecule has 0 spiro atoms. The van der Waals surface area contributed by atoms with Crippen LogP contribution in [0.25, 0.3) is 5.69 Å². The van der Waals surface area contributed by atoms with E-state index in [0.29, 0.717) is 16.3 Å². The minimum absolute atomic E-state index is 0.00249. The number of hydrogen-bond donors (Lipinski definition) is 2. The van der Waals surface area contributed by atoms with Gasteiger partial charge in [0.1, 0.15) is 6.33 Å². The van der Waals surface area contributed by atoms with E-state index in [4.69, 9.17) is 23.2 Å². The van der Waals surface area contributed by atoms with E-state index in [1.165, 1.54) is 23.1 Å². The van der Waals surface area contributed by atoms with E-state index < -0.39 is 42.1 Å². The Morgan fingerprint density at radius 3 is 2.76 bits per heavy atom. The van der Waals surface area contributed by atoms with Gasteiger partial charge < -0.3 is 15.8 Å².